The molecule has 0 heterocycles. The van der Waals surface area contributed by atoms with Crippen molar-refractivity contribution in [2.24, 2.45) is 0 Å². The Morgan fingerprint density at radius 1 is 1.05 bits per heavy atom. The third-order valence-electron chi connectivity index (χ3n) is 3.56. The Morgan fingerprint density at radius 3 is 2.38 bits per heavy atom. The molecule has 0 amide bonds. The van der Waals surface area contributed by atoms with Crippen molar-refractivity contribution in [1.29, 1.82) is 0 Å². The van der Waals surface area contributed by atoms with Crippen molar-refractivity contribution in [2.45, 2.75) is 6.92 Å². The molecule has 0 bridgehead atoms. The molecular weight excluding hydrogens is 262 g/mol. The number of allylic oxidation sites excluding steroid dienone is 1. The quantitative estimate of drug-likeness (QED) is 0.527. The number of Topliss-reactive ketones (excluding diaryl/α,β-unsaturated/α-hetero) is 1. The molecule has 0 radical (unpaired) electrons. The summed E-state index contributed by atoms with van der Waals surface area (Å²) in [6.45, 7) is 8.46. The lowest BCUT2D eigenvalue weighted by molar-refractivity contribution is -0.113. The maximum atomic E-state index is 12.4. The standard InChI is InChI=1S/C18H11NO2/c1-11(20)16(19-2)10-12-6-5-9-15-17(12)13-7-3-4-8-14(13)18(15)21/h3-10H,1H3/b16-10-. The first-order valence-electron chi connectivity index (χ1n) is 6.50. The summed E-state index contributed by atoms with van der Waals surface area (Å²) >= 11 is 0. The fourth-order valence-electron chi connectivity index (χ4n) is 2.58. The van der Waals surface area contributed by atoms with Crippen LogP contribution in [-0.4, -0.2) is 11.6 Å². The topological polar surface area (TPSA) is 38.5 Å². The second-order valence-corrected chi connectivity index (χ2v) is 4.84. The van der Waals surface area contributed by atoms with Gasteiger partial charge in [0, 0.05) is 11.1 Å². The Labute approximate surface area is 122 Å². The number of hydrogen-bond donors (Lipinski definition) is 0. The van der Waals surface area contributed by atoms with E-state index < -0.39 is 0 Å². The fraction of sp³-hybridized carbons (Fsp3) is 0.0556. The molecule has 3 heteroatoms. The Bertz CT molecular complexity index is 854. The highest BCUT2D eigenvalue weighted by molar-refractivity contribution is 6.22. The third kappa shape index (κ3) is 1.98. The second-order valence-electron chi connectivity index (χ2n) is 4.84. The minimum Gasteiger partial charge on any atom is -0.308 e. The molecule has 3 nitrogen and oxygen atoms in total. The first-order chi connectivity index (χ1) is 10.1. The monoisotopic (exact) mass is 273 g/mol. The van der Waals surface area contributed by atoms with Gasteiger partial charge >= 0.3 is 0 Å². The molecule has 0 saturated carbocycles. The Balaban J connectivity index is 2.29. The van der Waals surface area contributed by atoms with Gasteiger partial charge in [0.25, 0.3) is 0 Å². The average Bonchev–Trinajstić information content (AvgIpc) is 2.79. The maximum Gasteiger partial charge on any atom is 0.229 e. The predicted molar refractivity (Wildman–Crippen MR) is 80.6 cm³/mol. The normalized spacial score (nSPS) is 12.6. The number of hydrogen-bond acceptors (Lipinski definition) is 2. The van der Waals surface area contributed by atoms with Crippen molar-refractivity contribution in [1.82, 2.24) is 0 Å². The van der Waals surface area contributed by atoms with Crippen molar-refractivity contribution in [3.8, 4) is 11.1 Å². The van der Waals surface area contributed by atoms with E-state index in [2.05, 4.69) is 4.85 Å². The van der Waals surface area contributed by atoms with E-state index in [4.69, 9.17) is 6.57 Å². The molecule has 3 rings (SSSR count). The van der Waals surface area contributed by atoms with Gasteiger partial charge in [-0.05, 0) is 29.7 Å². The molecular formula is C18H11NO2. The van der Waals surface area contributed by atoms with E-state index in [1.807, 2.05) is 24.3 Å². The molecule has 0 N–H and O–H groups in total. The zero-order valence-electron chi connectivity index (χ0n) is 11.4. The van der Waals surface area contributed by atoms with E-state index in [0.717, 1.165) is 16.7 Å². The van der Waals surface area contributed by atoms with Crippen LogP contribution in [0, 0.1) is 6.57 Å². The lowest BCUT2D eigenvalue weighted by Crippen LogP contribution is -1.95. The van der Waals surface area contributed by atoms with Crippen LogP contribution in [0.2, 0.25) is 0 Å². The number of rotatable bonds is 2. The summed E-state index contributed by atoms with van der Waals surface area (Å²) in [7, 11) is 0. The highest BCUT2D eigenvalue weighted by atomic mass is 16.1. The van der Waals surface area contributed by atoms with E-state index in [9.17, 15) is 9.59 Å². The van der Waals surface area contributed by atoms with E-state index in [1.165, 1.54) is 6.92 Å². The van der Waals surface area contributed by atoms with Crippen LogP contribution >= 0.6 is 0 Å². The Hall–Kier alpha value is -2.99. The molecule has 0 spiro atoms. The molecule has 2 aromatic rings. The second kappa shape index (κ2) is 4.84. The minimum atomic E-state index is -0.278. The molecule has 0 aliphatic heterocycles. The van der Waals surface area contributed by atoms with Crippen molar-refractivity contribution in [3.63, 3.8) is 0 Å². The zero-order chi connectivity index (χ0) is 15.0. The van der Waals surface area contributed by atoms with E-state index in [-0.39, 0.29) is 17.3 Å². The molecule has 0 unspecified atom stereocenters. The van der Waals surface area contributed by atoms with Crippen molar-refractivity contribution < 1.29 is 9.59 Å². The van der Waals surface area contributed by atoms with Crippen molar-refractivity contribution in [3.05, 3.63) is 76.3 Å². The van der Waals surface area contributed by atoms with Gasteiger partial charge in [0.1, 0.15) is 0 Å². The molecule has 1 aliphatic carbocycles. The minimum absolute atomic E-state index is 0.0111. The molecule has 21 heavy (non-hydrogen) atoms. The summed E-state index contributed by atoms with van der Waals surface area (Å²) in [5.41, 5.74) is 3.75. The van der Waals surface area contributed by atoms with Gasteiger partial charge in [-0.25, -0.2) is 4.85 Å². The maximum absolute atomic E-state index is 12.4. The largest absolute Gasteiger partial charge is 0.308 e. The van der Waals surface area contributed by atoms with Crippen LogP contribution in [0.1, 0.15) is 28.4 Å². The Kier molecular flexibility index (Phi) is 3.00. The molecule has 0 saturated heterocycles. The molecule has 100 valence electrons. The number of benzene rings is 2. The number of carbonyl (C=O) groups is 2. The highest BCUT2D eigenvalue weighted by Crippen LogP contribution is 2.39. The molecule has 0 fully saturated rings. The molecule has 0 aromatic heterocycles. The summed E-state index contributed by atoms with van der Waals surface area (Å²) in [4.78, 5) is 27.1. The smallest absolute Gasteiger partial charge is 0.229 e. The van der Waals surface area contributed by atoms with Gasteiger partial charge in [0.15, 0.2) is 11.6 Å². The SMILES string of the molecule is [C-]#[N+]/C(=C\c1cccc2c1-c1ccccc1C2=O)C(C)=O. The third-order valence-corrected chi connectivity index (χ3v) is 3.56. The number of nitrogens with zero attached hydrogens (tertiary/aromatic N) is 1. The summed E-state index contributed by atoms with van der Waals surface area (Å²) in [5.74, 6) is -0.289. The summed E-state index contributed by atoms with van der Waals surface area (Å²) in [6.07, 6.45) is 1.56. The van der Waals surface area contributed by atoms with Gasteiger partial charge < -0.3 is 4.79 Å². The van der Waals surface area contributed by atoms with Crippen LogP contribution in [-0.2, 0) is 4.79 Å². The first kappa shape index (κ1) is 13.0. The van der Waals surface area contributed by atoms with Gasteiger partial charge in [-0.3, -0.25) is 4.79 Å². The van der Waals surface area contributed by atoms with E-state index in [0.29, 0.717) is 11.1 Å². The van der Waals surface area contributed by atoms with Gasteiger partial charge in [-0.15, -0.1) is 0 Å². The summed E-state index contributed by atoms with van der Waals surface area (Å²) in [6, 6.07) is 12.8. The summed E-state index contributed by atoms with van der Waals surface area (Å²) in [5, 5.41) is 0. The van der Waals surface area contributed by atoms with E-state index in [1.54, 1.807) is 24.3 Å². The van der Waals surface area contributed by atoms with Gasteiger partial charge in [-0.2, -0.15) is 0 Å². The highest BCUT2D eigenvalue weighted by Gasteiger charge is 2.27. The van der Waals surface area contributed by atoms with Crippen molar-refractivity contribution >= 4 is 17.6 Å². The van der Waals surface area contributed by atoms with Gasteiger partial charge in [-0.1, -0.05) is 42.5 Å². The molecule has 2 aromatic carbocycles. The molecule has 0 atom stereocenters. The van der Waals surface area contributed by atoms with Crippen LogP contribution < -0.4 is 0 Å². The van der Waals surface area contributed by atoms with Crippen LogP contribution in [0.25, 0.3) is 22.0 Å². The predicted octanol–water partition coefficient (Wildman–Crippen LogP) is 3.75. The van der Waals surface area contributed by atoms with Crippen LogP contribution in [0.15, 0.2) is 48.2 Å². The van der Waals surface area contributed by atoms with Gasteiger partial charge in [0.05, 0.1) is 6.57 Å². The average molecular weight is 273 g/mol. The zero-order valence-corrected chi connectivity index (χ0v) is 11.4. The Morgan fingerprint density at radius 2 is 1.71 bits per heavy atom. The lowest BCUT2D eigenvalue weighted by atomic mass is 9.98. The number of fused-ring (bicyclic) bond motifs is 3. The first-order valence-corrected chi connectivity index (χ1v) is 6.50. The van der Waals surface area contributed by atoms with E-state index >= 15 is 0 Å². The number of carbonyl (C=O) groups excluding carboxylic acids is 2. The van der Waals surface area contributed by atoms with Crippen LogP contribution in [0.3, 0.4) is 0 Å². The number of ketones is 2. The van der Waals surface area contributed by atoms with Crippen LogP contribution in [0.5, 0.6) is 0 Å². The molecule has 1 aliphatic rings. The summed E-state index contributed by atoms with van der Waals surface area (Å²) < 4.78 is 0. The van der Waals surface area contributed by atoms with Crippen LogP contribution in [0.4, 0.5) is 0 Å². The fourth-order valence-corrected chi connectivity index (χ4v) is 2.58. The van der Waals surface area contributed by atoms with Crippen molar-refractivity contribution in [2.75, 3.05) is 0 Å². The van der Waals surface area contributed by atoms with Gasteiger partial charge in [0.2, 0.25) is 5.70 Å². The lowest BCUT2D eigenvalue weighted by Gasteiger charge is -2.05.